The minimum absolute atomic E-state index is 0.209. The van der Waals surface area contributed by atoms with Crippen molar-refractivity contribution in [2.75, 3.05) is 0 Å². The molecule has 3 rings (SSSR count). The Kier molecular flexibility index (Phi) is 3.36. The van der Waals surface area contributed by atoms with Gasteiger partial charge in [-0.3, -0.25) is 9.36 Å². The Balaban J connectivity index is 2.29. The van der Waals surface area contributed by atoms with Crippen LogP contribution in [0.4, 0.5) is 0 Å². The van der Waals surface area contributed by atoms with Crippen LogP contribution in [0.25, 0.3) is 10.2 Å². The molecule has 112 valence electrons. The Hall–Kier alpha value is -1.69. The van der Waals surface area contributed by atoms with E-state index >= 15 is 0 Å². The Bertz CT molecular complexity index is 790. The number of rotatable bonds is 2. The summed E-state index contributed by atoms with van der Waals surface area (Å²) in [6.45, 7) is 5.43. The molecule has 1 aliphatic carbocycles. The molecule has 2 atom stereocenters. The predicted molar refractivity (Wildman–Crippen MR) is 82.2 cm³/mol. The number of aryl methyl sites for hydroxylation is 2. The highest BCUT2D eigenvalue weighted by molar-refractivity contribution is 7.18. The highest BCUT2D eigenvalue weighted by atomic mass is 32.1. The predicted octanol–water partition coefficient (Wildman–Crippen LogP) is 2.54. The van der Waals surface area contributed by atoms with Gasteiger partial charge in [0.1, 0.15) is 16.7 Å². The molecule has 1 aliphatic rings. The largest absolute Gasteiger partial charge is 0.480 e. The van der Waals surface area contributed by atoms with E-state index in [2.05, 4.69) is 11.9 Å². The SMILES string of the molecule is Cc1nc2sc3c(c2c(=O)n1C(C)C(=O)O)CCC(C)C3. The van der Waals surface area contributed by atoms with Crippen LogP contribution < -0.4 is 5.56 Å². The van der Waals surface area contributed by atoms with Gasteiger partial charge in [0.05, 0.1) is 5.39 Å². The molecule has 0 radical (unpaired) electrons. The minimum atomic E-state index is -1.01. The van der Waals surface area contributed by atoms with Gasteiger partial charge in [0.2, 0.25) is 0 Å². The fraction of sp³-hybridized carbons (Fsp3) is 0.533. The average molecular weight is 306 g/mol. The lowest BCUT2D eigenvalue weighted by atomic mass is 9.89. The molecule has 0 spiro atoms. The fourth-order valence-electron chi connectivity index (χ4n) is 3.07. The number of aromatic nitrogens is 2. The first-order valence-corrected chi connectivity index (χ1v) is 7.98. The second-order valence-corrected chi connectivity index (χ2v) is 6.96. The molecule has 0 amide bonds. The standard InChI is InChI=1S/C15H18N2O3S/c1-7-4-5-10-11(6-7)21-13-12(10)14(18)17(9(3)16-13)8(2)15(19)20/h7-8H,4-6H2,1-3H3,(H,19,20). The van der Waals surface area contributed by atoms with E-state index in [1.807, 2.05) is 0 Å². The van der Waals surface area contributed by atoms with E-state index in [9.17, 15) is 14.7 Å². The molecule has 2 aromatic heterocycles. The third-order valence-electron chi connectivity index (χ3n) is 4.28. The minimum Gasteiger partial charge on any atom is -0.480 e. The highest BCUT2D eigenvalue weighted by Gasteiger charge is 2.26. The van der Waals surface area contributed by atoms with Crippen LogP contribution in [-0.4, -0.2) is 20.6 Å². The molecule has 0 aromatic carbocycles. The maximum absolute atomic E-state index is 12.8. The Labute approximate surface area is 126 Å². The zero-order valence-corrected chi connectivity index (χ0v) is 13.2. The number of hydrogen-bond acceptors (Lipinski definition) is 4. The average Bonchev–Trinajstić information content (AvgIpc) is 2.75. The van der Waals surface area contributed by atoms with E-state index in [0.29, 0.717) is 17.1 Å². The fourth-order valence-corrected chi connectivity index (χ4v) is 4.49. The van der Waals surface area contributed by atoms with Crippen LogP contribution in [0.1, 0.15) is 42.6 Å². The summed E-state index contributed by atoms with van der Waals surface area (Å²) < 4.78 is 1.30. The van der Waals surface area contributed by atoms with Crippen molar-refractivity contribution in [2.24, 2.45) is 5.92 Å². The number of carboxylic acid groups (broad SMARTS) is 1. The Morgan fingerprint density at radius 2 is 2.24 bits per heavy atom. The number of nitrogens with zero attached hydrogens (tertiary/aromatic N) is 2. The van der Waals surface area contributed by atoms with Gasteiger partial charge < -0.3 is 5.11 Å². The monoisotopic (exact) mass is 306 g/mol. The first-order chi connectivity index (χ1) is 9.90. The van der Waals surface area contributed by atoms with Gasteiger partial charge >= 0.3 is 5.97 Å². The molecule has 0 fully saturated rings. The zero-order chi connectivity index (χ0) is 15.3. The molecule has 0 saturated heterocycles. The first-order valence-electron chi connectivity index (χ1n) is 7.16. The van der Waals surface area contributed by atoms with Crippen molar-refractivity contribution in [1.82, 2.24) is 9.55 Å². The van der Waals surface area contributed by atoms with Gasteiger partial charge in [0.15, 0.2) is 0 Å². The number of hydrogen-bond donors (Lipinski definition) is 1. The van der Waals surface area contributed by atoms with E-state index in [1.54, 1.807) is 18.3 Å². The molecule has 0 saturated carbocycles. The van der Waals surface area contributed by atoms with Crippen LogP contribution in [0.5, 0.6) is 0 Å². The molecule has 5 nitrogen and oxygen atoms in total. The quantitative estimate of drug-likeness (QED) is 0.925. The summed E-state index contributed by atoms with van der Waals surface area (Å²) in [6.07, 6.45) is 2.95. The molecule has 21 heavy (non-hydrogen) atoms. The number of thiophene rings is 1. The lowest BCUT2D eigenvalue weighted by molar-refractivity contribution is -0.140. The lowest BCUT2D eigenvalue weighted by Gasteiger charge is -2.18. The topological polar surface area (TPSA) is 72.2 Å². The van der Waals surface area contributed by atoms with Gasteiger partial charge in [-0.2, -0.15) is 0 Å². The molecule has 1 N–H and O–H groups in total. The Morgan fingerprint density at radius 1 is 1.52 bits per heavy atom. The third-order valence-corrected chi connectivity index (χ3v) is 5.43. The van der Waals surface area contributed by atoms with E-state index < -0.39 is 12.0 Å². The van der Waals surface area contributed by atoms with Crippen molar-refractivity contribution < 1.29 is 9.90 Å². The summed E-state index contributed by atoms with van der Waals surface area (Å²) in [5, 5.41) is 9.83. The first kappa shape index (κ1) is 14.3. The molecular weight excluding hydrogens is 288 g/mol. The smallest absolute Gasteiger partial charge is 0.326 e. The summed E-state index contributed by atoms with van der Waals surface area (Å²) in [5.74, 6) is 0.0833. The summed E-state index contributed by atoms with van der Waals surface area (Å²) in [7, 11) is 0. The van der Waals surface area contributed by atoms with Gasteiger partial charge in [-0.25, -0.2) is 9.78 Å². The van der Waals surface area contributed by atoms with Crippen LogP contribution in [0.2, 0.25) is 0 Å². The lowest BCUT2D eigenvalue weighted by Crippen LogP contribution is -2.31. The molecule has 6 heteroatoms. The molecule has 2 aromatic rings. The summed E-state index contributed by atoms with van der Waals surface area (Å²) >= 11 is 1.59. The normalized spacial score (nSPS) is 19.5. The third kappa shape index (κ3) is 2.18. The van der Waals surface area contributed by atoms with E-state index in [-0.39, 0.29) is 5.56 Å². The van der Waals surface area contributed by atoms with E-state index in [4.69, 9.17) is 0 Å². The maximum Gasteiger partial charge on any atom is 0.326 e. The number of carboxylic acids is 1. The molecule has 2 heterocycles. The second kappa shape index (κ2) is 4.94. The zero-order valence-electron chi connectivity index (χ0n) is 12.3. The van der Waals surface area contributed by atoms with Crippen LogP contribution in [-0.2, 0) is 17.6 Å². The van der Waals surface area contributed by atoms with Crippen molar-refractivity contribution in [3.63, 3.8) is 0 Å². The molecule has 2 unspecified atom stereocenters. The summed E-state index contributed by atoms with van der Waals surface area (Å²) in [5.41, 5.74) is 0.886. The molecular formula is C15H18N2O3S. The van der Waals surface area contributed by atoms with Gasteiger partial charge in [-0.1, -0.05) is 6.92 Å². The molecule has 0 aliphatic heterocycles. The van der Waals surface area contributed by atoms with Crippen molar-refractivity contribution >= 4 is 27.5 Å². The number of aliphatic carboxylic acids is 1. The van der Waals surface area contributed by atoms with Gasteiger partial charge in [-0.05, 0) is 44.6 Å². The number of carbonyl (C=O) groups is 1. The van der Waals surface area contributed by atoms with Crippen LogP contribution in [0.15, 0.2) is 4.79 Å². The maximum atomic E-state index is 12.8. The van der Waals surface area contributed by atoms with E-state index in [0.717, 1.165) is 29.7 Å². The van der Waals surface area contributed by atoms with Gasteiger partial charge in [0.25, 0.3) is 5.56 Å². The van der Waals surface area contributed by atoms with Crippen molar-refractivity contribution in [3.8, 4) is 0 Å². The Morgan fingerprint density at radius 3 is 2.90 bits per heavy atom. The molecule has 0 bridgehead atoms. The van der Waals surface area contributed by atoms with Crippen LogP contribution in [0, 0.1) is 12.8 Å². The number of fused-ring (bicyclic) bond motifs is 3. The summed E-state index contributed by atoms with van der Waals surface area (Å²) in [4.78, 5) is 30.5. The van der Waals surface area contributed by atoms with E-state index in [1.165, 1.54) is 16.4 Å². The van der Waals surface area contributed by atoms with Gasteiger partial charge in [0, 0.05) is 4.88 Å². The van der Waals surface area contributed by atoms with Gasteiger partial charge in [-0.15, -0.1) is 11.3 Å². The highest BCUT2D eigenvalue weighted by Crippen LogP contribution is 2.35. The second-order valence-electron chi connectivity index (χ2n) is 5.88. The van der Waals surface area contributed by atoms with Crippen molar-refractivity contribution in [2.45, 2.75) is 46.1 Å². The van der Waals surface area contributed by atoms with Crippen LogP contribution >= 0.6 is 11.3 Å². The van der Waals surface area contributed by atoms with Crippen molar-refractivity contribution in [1.29, 1.82) is 0 Å². The van der Waals surface area contributed by atoms with Crippen LogP contribution in [0.3, 0.4) is 0 Å². The van der Waals surface area contributed by atoms with Crippen molar-refractivity contribution in [3.05, 3.63) is 26.6 Å². The summed E-state index contributed by atoms with van der Waals surface area (Å²) in [6, 6.07) is -0.896.